The number of fused-ring (bicyclic) bond motifs is 3. The molecule has 3 saturated heterocycles. The number of nitrogens with zero attached hydrogens (tertiary/aromatic N) is 3. The Kier molecular flexibility index (Phi) is 12.0. The van der Waals surface area contributed by atoms with E-state index in [1.54, 1.807) is 42.5 Å². The number of halogens is 5. The number of hydrogen-bond acceptors (Lipinski definition) is 9. The average Bonchev–Trinajstić information content (AvgIpc) is 3.54. The lowest BCUT2D eigenvalue weighted by atomic mass is 9.63. The molecule has 4 aromatic rings. The molecule has 13 nitrogen and oxygen atoms in total. The molecule has 71 heavy (non-hydrogen) atoms. The van der Waals surface area contributed by atoms with Gasteiger partial charge in [-0.2, -0.15) is 13.2 Å². The Morgan fingerprint density at radius 1 is 1.06 bits per heavy atom. The minimum atomic E-state index is -4.71. The summed E-state index contributed by atoms with van der Waals surface area (Å²) in [5.41, 5.74) is 0.490. The molecule has 5 amide bonds. The second kappa shape index (κ2) is 17.7. The summed E-state index contributed by atoms with van der Waals surface area (Å²) in [6, 6.07) is 13.2. The van der Waals surface area contributed by atoms with Crippen LogP contribution in [0.4, 0.5) is 28.9 Å². The number of imide groups is 1. The number of piperidine rings is 2. The Balaban J connectivity index is 0.873. The number of aromatic nitrogens is 1. The molecule has 18 heteroatoms. The maximum Gasteiger partial charge on any atom is 0.433 e. The molecule has 6 aliphatic rings. The second-order valence-electron chi connectivity index (χ2n) is 20.9. The number of anilines is 2. The van der Waals surface area contributed by atoms with E-state index < -0.39 is 59.0 Å². The number of carbonyl (C=O) groups excluding carboxylic acids is 5. The first-order chi connectivity index (χ1) is 33.7. The molecule has 0 bridgehead atoms. The van der Waals surface area contributed by atoms with Crippen molar-refractivity contribution in [2.75, 3.05) is 37.4 Å². The van der Waals surface area contributed by atoms with E-state index in [1.165, 1.54) is 24.3 Å². The molecular weight excluding hydrogens is 942 g/mol. The maximum absolute atomic E-state index is 16.4. The van der Waals surface area contributed by atoms with Crippen molar-refractivity contribution in [2.24, 2.45) is 16.7 Å². The van der Waals surface area contributed by atoms with E-state index in [0.717, 1.165) is 30.9 Å². The van der Waals surface area contributed by atoms with Crippen LogP contribution < -0.4 is 26.0 Å². The highest BCUT2D eigenvalue weighted by atomic mass is 35.5. The van der Waals surface area contributed by atoms with Gasteiger partial charge in [0, 0.05) is 95.4 Å². The molecule has 0 radical (unpaired) electrons. The molecule has 1 saturated carbocycles. The summed E-state index contributed by atoms with van der Waals surface area (Å²) in [5.74, 6) is 3.37. The minimum absolute atomic E-state index is 0.0158. The van der Waals surface area contributed by atoms with Gasteiger partial charge in [0.1, 0.15) is 23.3 Å². The van der Waals surface area contributed by atoms with Crippen molar-refractivity contribution in [1.82, 2.24) is 25.4 Å². The zero-order valence-electron chi connectivity index (χ0n) is 39.5. The number of nitrogens with one attached hydrogen (secondary N) is 4. The van der Waals surface area contributed by atoms with Gasteiger partial charge in [-0.1, -0.05) is 62.4 Å². The minimum Gasteiger partial charge on any atom is -0.495 e. The highest BCUT2D eigenvalue weighted by molar-refractivity contribution is 6.30. The van der Waals surface area contributed by atoms with Gasteiger partial charge in [-0.15, -0.1) is 0 Å². The fourth-order valence-corrected chi connectivity index (χ4v) is 12.0. The van der Waals surface area contributed by atoms with Gasteiger partial charge in [0.15, 0.2) is 0 Å². The number of benzene rings is 3. The number of rotatable bonds is 7. The molecule has 4 N–H and O–H groups in total. The van der Waals surface area contributed by atoms with Crippen LogP contribution in [-0.4, -0.2) is 89.2 Å². The summed E-state index contributed by atoms with van der Waals surface area (Å²) in [6.45, 7) is 7.35. The largest absolute Gasteiger partial charge is 0.495 e. The number of amides is 5. The van der Waals surface area contributed by atoms with Crippen LogP contribution in [0.2, 0.25) is 5.02 Å². The molecule has 4 fully saturated rings. The summed E-state index contributed by atoms with van der Waals surface area (Å²) in [4.78, 5) is 74.0. The Morgan fingerprint density at radius 2 is 1.85 bits per heavy atom. The molecular formula is C53H52ClF4N7O6. The third kappa shape index (κ3) is 8.56. The monoisotopic (exact) mass is 993 g/mol. The standard InChI is InChI=1S/C53H52ClF4N7O6/c1-50(2,3)23-41-52(26-60-37-21-40(53(56,57)58)59-24-34(37)52)43(32-10-6-11-35(54)44(32)55)45(62-41)47(68)61-36-15-13-29(20-39(36)71-4)48(69)64-19-7-18-51(27-64)22-30(51)14-12-28-8-5-9-31-33(28)25-65(49(31)70)38-16-17-42(66)63-46(38)67/h5-6,8-11,13,15,20-21,24,30,38,41,43,45,60,62H,7,16-19,22-23,25-27H2,1-4H3,(H,61,68)(H,63,66,67)/t30-,38?,41+,43+,45-,51+,52+/m1/s1. The average molecular weight is 994 g/mol. The molecule has 6 heterocycles. The van der Waals surface area contributed by atoms with Crippen LogP contribution in [0.3, 0.4) is 0 Å². The summed E-state index contributed by atoms with van der Waals surface area (Å²) < 4.78 is 63.9. The Bertz CT molecular complexity index is 2990. The topological polar surface area (TPSA) is 162 Å². The van der Waals surface area contributed by atoms with Crippen molar-refractivity contribution in [3.8, 4) is 17.6 Å². The molecule has 3 aromatic carbocycles. The summed E-state index contributed by atoms with van der Waals surface area (Å²) in [5, 5.41) is 11.8. The van der Waals surface area contributed by atoms with Gasteiger partial charge < -0.3 is 30.5 Å². The fourth-order valence-electron chi connectivity index (χ4n) is 11.9. The highest BCUT2D eigenvalue weighted by Crippen LogP contribution is 2.59. The maximum atomic E-state index is 16.4. The molecule has 1 aromatic heterocycles. The predicted molar refractivity (Wildman–Crippen MR) is 255 cm³/mol. The third-order valence-electron chi connectivity index (χ3n) is 15.3. The van der Waals surface area contributed by atoms with E-state index >= 15 is 4.39 Å². The predicted octanol–water partition coefficient (Wildman–Crippen LogP) is 7.82. The SMILES string of the molecule is COc1cc(C(=O)N2CCC[C@]3(C[C@H]3C#Cc3cccc4c3CN(C3CCC(=O)NC3=O)C4=O)C2)ccc1NC(=O)[C@@H]1N[C@@H](CC(C)(C)C)[C@@]2(CNc3cc(C(F)(F)F)ncc32)[C@H]1c1cccc(Cl)c1F. The van der Waals surface area contributed by atoms with Crippen LogP contribution in [0.1, 0.15) is 114 Å². The van der Waals surface area contributed by atoms with Crippen LogP contribution >= 0.6 is 11.6 Å². The Morgan fingerprint density at radius 3 is 2.59 bits per heavy atom. The number of methoxy groups -OCH3 is 1. The number of hydrogen-bond donors (Lipinski definition) is 4. The molecule has 7 atom stereocenters. The van der Waals surface area contributed by atoms with Gasteiger partial charge in [-0.3, -0.25) is 34.3 Å². The number of likely N-dealkylation sites (tertiary alicyclic amines) is 1. The lowest BCUT2D eigenvalue weighted by Crippen LogP contribution is -2.52. The van der Waals surface area contributed by atoms with Crippen LogP contribution in [0.25, 0.3) is 0 Å². The molecule has 5 aliphatic heterocycles. The Labute approximate surface area is 412 Å². The van der Waals surface area contributed by atoms with Crippen molar-refractivity contribution in [2.45, 2.75) is 101 Å². The van der Waals surface area contributed by atoms with Gasteiger partial charge in [-0.25, -0.2) is 4.39 Å². The zero-order chi connectivity index (χ0) is 50.4. The molecule has 10 rings (SSSR count). The second-order valence-corrected chi connectivity index (χ2v) is 21.4. The van der Waals surface area contributed by atoms with Gasteiger partial charge in [-0.05, 0) is 91.1 Å². The van der Waals surface area contributed by atoms with Crippen LogP contribution in [0.15, 0.2) is 66.9 Å². The number of ether oxygens (including phenoxy) is 1. The molecule has 1 unspecified atom stereocenters. The van der Waals surface area contributed by atoms with Gasteiger partial charge >= 0.3 is 6.18 Å². The quantitative estimate of drug-likeness (QED) is 0.0823. The van der Waals surface area contributed by atoms with Gasteiger partial charge in [0.2, 0.25) is 17.7 Å². The summed E-state index contributed by atoms with van der Waals surface area (Å²) in [6.07, 6.45) is -0.185. The first-order valence-electron chi connectivity index (χ1n) is 23.8. The van der Waals surface area contributed by atoms with Gasteiger partial charge in [0.25, 0.3) is 11.8 Å². The normalized spacial score (nSPS) is 26.7. The van der Waals surface area contributed by atoms with E-state index in [-0.39, 0.29) is 88.1 Å². The van der Waals surface area contributed by atoms with Crippen LogP contribution in [0, 0.1) is 34.4 Å². The zero-order valence-corrected chi connectivity index (χ0v) is 40.2. The summed E-state index contributed by atoms with van der Waals surface area (Å²) >= 11 is 6.38. The number of alkyl halides is 3. The highest BCUT2D eigenvalue weighted by Gasteiger charge is 2.62. The van der Waals surface area contributed by atoms with Crippen LogP contribution in [0.5, 0.6) is 5.75 Å². The first kappa shape index (κ1) is 48.1. The molecule has 370 valence electrons. The number of carbonyl (C=O) groups is 5. The van der Waals surface area contributed by atoms with Crippen molar-refractivity contribution >= 4 is 52.5 Å². The first-order valence-corrected chi connectivity index (χ1v) is 24.2. The number of pyridine rings is 1. The smallest absolute Gasteiger partial charge is 0.433 e. The van der Waals surface area contributed by atoms with E-state index in [4.69, 9.17) is 16.3 Å². The van der Waals surface area contributed by atoms with E-state index in [0.29, 0.717) is 41.8 Å². The van der Waals surface area contributed by atoms with E-state index in [2.05, 4.69) is 38.1 Å². The van der Waals surface area contributed by atoms with E-state index in [9.17, 15) is 37.1 Å². The van der Waals surface area contributed by atoms with Gasteiger partial charge in [0.05, 0.1) is 23.9 Å². The summed E-state index contributed by atoms with van der Waals surface area (Å²) in [7, 11) is 1.42. The molecule has 1 aliphatic carbocycles. The van der Waals surface area contributed by atoms with Crippen molar-refractivity contribution in [3.05, 3.63) is 117 Å². The third-order valence-corrected chi connectivity index (χ3v) is 15.6. The van der Waals surface area contributed by atoms with Crippen molar-refractivity contribution in [1.29, 1.82) is 0 Å². The lowest BCUT2D eigenvalue weighted by molar-refractivity contribution is -0.141. The molecule has 2 spiro atoms. The van der Waals surface area contributed by atoms with E-state index in [1.807, 2.05) is 31.7 Å². The van der Waals surface area contributed by atoms with Crippen molar-refractivity contribution in [3.63, 3.8) is 0 Å². The van der Waals surface area contributed by atoms with Crippen molar-refractivity contribution < 1.29 is 46.3 Å². The fraction of sp³-hybridized carbons (Fsp3) is 0.434. The lowest BCUT2D eigenvalue weighted by Gasteiger charge is -2.39. The van der Waals surface area contributed by atoms with Crippen LogP contribution in [-0.2, 0) is 32.5 Å². The Hall–Kier alpha value is -6.51.